The highest BCUT2D eigenvalue weighted by atomic mass is 35.5. The van der Waals surface area contributed by atoms with Crippen molar-refractivity contribution in [3.8, 4) is 0 Å². The van der Waals surface area contributed by atoms with Gasteiger partial charge in [-0.3, -0.25) is 0 Å². The van der Waals surface area contributed by atoms with Gasteiger partial charge in [-0.2, -0.15) is 0 Å². The van der Waals surface area contributed by atoms with Crippen molar-refractivity contribution in [2.75, 3.05) is 0 Å². The quantitative estimate of drug-likeness (QED) is 0.769. The smallest absolute Gasteiger partial charge is 0.0510 e. The fourth-order valence-corrected chi connectivity index (χ4v) is 2.41. The van der Waals surface area contributed by atoms with Crippen LogP contribution in [0.4, 0.5) is 0 Å². The van der Waals surface area contributed by atoms with Crippen LogP contribution in [0.3, 0.4) is 0 Å². The van der Waals surface area contributed by atoms with Crippen LogP contribution >= 0.6 is 11.8 Å². The van der Waals surface area contributed by atoms with Crippen LogP contribution in [-0.2, 0) is 6.42 Å². The van der Waals surface area contributed by atoms with Crippen LogP contribution in [0, 0.1) is 0 Å². The van der Waals surface area contributed by atoms with Crippen LogP contribution < -0.4 is 4.84 Å². The predicted molar refractivity (Wildman–Crippen MR) is 82.4 cm³/mol. The van der Waals surface area contributed by atoms with E-state index in [9.17, 15) is 0 Å². The van der Waals surface area contributed by atoms with E-state index in [1.165, 1.54) is 16.7 Å². The molecule has 19 heavy (non-hydrogen) atoms. The van der Waals surface area contributed by atoms with E-state index in [0.717, 1.165) is 6.42 Å². The van der Waals surface area contributed by atoms with E-state index in [1.807, 2.05) is 6.07 Å². The predicted octanol–water partition coefficient (Wildman–Crippen LogP) is 4.84. The fourth-order valence-electron chi connectivity index (χ4n) is 2.20. The molecule has 0 heterocycles. The summed E-state index contributed by atoms with van der Waals surface area (Å²) >= 11 is 5.93. The summed E-state index contributed by atoms with van der Waals surface area (Å²) in [6.07, 6.45) is 0.895. The lowest BCUT2D eigenvalue weighted by Gasteiger charge is -2.17. The van der Waals surface area contributed by atoms with Gasteiger partial charge < -0.3 is 0 Å². The van der Waals surface area contributed by atoms with E-state index >= 15 is 0 Å². The van der Waals surface area contributed by atoms with Gasteiger partial charge in [-0.25, -0.2) is 4.84 Å². The minimum absolute atomic E-state index is 0.141. The van der Waals surface area contributed by atoms with Gasteiger partial charge in [-0.05, 0) is 40.8 Å². The molecule has 1 atom stereocenters. The van der Waals surface area contributed by atoms with Gasteiger partial charge in [0, 0.05) is 0 Å². The van der Waals surface area contributed by atoms with Crippen molar-refractivity contribution < 1.29 is 0 Å². The Morgan fingerprint density at radius 2 is 1.63 bits per heavy atom. The van der Waals surface area contributed by atoms with E-state index in [1.54, 1.807) is 0 Å². The van der Waals surface area contributed by atoms with E-state index < -0.39 is 0 Å². The molecule has 0 radical (unpaired) electrons. The zero-order valence-electron chi connectivity index (χ0n) is 11.4. The minimum atomic E-state index is 0.141. The van der Waals surface area contributed by atoms with Crippen LogP contribution in [0.25, 0.3) is 0 Å². The van der Waals surface area contributed by atoms with Gasteiger partial charge in [0.2, 0.25) is 0 Å². The monoisotopic (exact) mass is 273 g/mol. The third kappa shape index (κ3) is 3.82. The van der Waals surface area contributed by atoms with E-state index in [0.29, 0.717) is 5.92 Å². The highest BCUT2D eigenvalue weighted by Gasteiger charge is 2.12. The van der Waals surface area contributed by atoms with Crippen molar-refractivity contribution >= 4 is 11.8 Å². The molecule has 0 saturated heterocycles. The molecule has 1 nitrogen and oxygen atoms in total. The minimum Gasteiger partial charge on any atom is -0.226 e. The number of hydrogen-bond donors (Lipinski definition) is 1. The van der Waals surface area contributed by atoms with Crippen molar-refractivity contribution in [2.45, 2.75) is 32.2 Å². The van der Waals surface area contributed by atoms with Crippen LogP contribution in [0.5, 0.6) is 0 Å². The average molecular weight is 274 g/mol. The summed E-state index contributed by atoms with van der Waals surface area (Å²) < 4.78 is 0. The molecule has 1 N–H and O–H groups in total. The molecule has 2 heteroatoms. The van der Waals surface area contributed by atoms with Gasteiger partial charge in [0.25, 0.3) is 0 Å². The number of nitrogens with one attached hydrogen (secondary N) is 1. The molecule has 2 rings (SSSR count). The standard InChI is InChI=1S/C17H20ClN/c1-13(2)15-9-6-10-16(12-15)17(19-18)11-14-7-4-3-5-8-14/h3-10,12-13,17,19H,11H2,1-2H3. The van der Waals surface area contributed by atoms with E-state index in [4.69, 9.17) is 11.8 Å². The maximum absolute atomic E-state index is 5.93. The molecular weight excluding hydrogens is 254 g/mol. The lowest BCUT2D eigenvalue weighted by molar-refractivity contribution is 0.662. The Hall–Kier alpha value is -1.31. The normalized spacial score (nSPS) is 12.6. The first-order valence-electron chi connectivity index (χ1n) is 6.70. The Morgan fingerprint density at radius 1 is 0.947 bits per heavy atom. The molecule has 0 aromatic heterocycles. The summed E-state index contributed by atoms with van der Waals surface area (Å²) in [5, 5.41) is 0. The number of halogens is 1. The molecule has 0 bridgehead atoms. The molecule has 0 fully saturated rings. The van der Waals surface area contributed by atoms with Crippen molar-refractivity contribution in [1.29, 1.82) is 0 Å². The molecule has 0 aliphatic carbocycles. The molecule has 0 aliphatic heterocycles. The van der Waals surface area contributed by atoms with Crippen LogP contribution in [0.2, 0.25) is 0 Å². The average Bonchev–Trinajstić information content (AvgIpc) is 2.46. The molecule has 0 amide bonds. The number of hydrogen-bond acceptors (Lipinski definition) is 1. The molecule has 0 aliphatic rings. The third-order valence-corrected chi connectivity index (χ3v) is 3.66. The molecule has 0 spiro atoms. The third-order valence-electron chi connectivity index (χ3n) is 3.39. The van der Waals surface area contributed by atoms with Crippen molar-refractivity contribution in [3.05, 3.63) is 71.3 Å². The first-order chi connectivity index (χ1) is 9.20. The molecule has 1 unspecified atom stereocenters. The van der Waals surface area contributed by atoms with Crippen molar-refractivity contribution in [3.63, 3.8) is 0 Å². The van der Waals surface area contributed by atoms with Crippen molar-refractivity contribution in [2.24, 2.45) is 0 Å². The second-order valence-electron chi connectivity index (χ2n) is 5.18. The Kier molecular flexibility index (Phi) is 5.00. The van der Waals surface area contributed by atoms with Crippen LogP contribution in [0.15, 0.2) is 54.6 Å². The maximum Gasteiger partial charge on any atom is 0.0510 e. The largest absolute Gasteiger partial charge is 0.226 e. The maximum atomic E-state index is 5.93. The zero-order valence-corrected chi connectivity index (χ0v) is 12.2. The van der Waals surface area contributed by atoms with E-state index in [-0.39, 0.29) is 6.04 Å². The van der Waals surface area contributed by atoms with Gasteiger partial charge in [0.1, 0.15) is 0 Å². The van der Waals surface area contributed by atoms with Gasteiger partial charge in [-0.15, -0.1) is 0 Å². The van der Waals surface area contributed by atoms with Crippen LogP contribution in [0.1, 0.15) is 42.5 Å². The summed E-state index contributed by atoms with van der Waals surface area (Å²) in [4.78, 5) is 2.91. The first kappa shape index (κ1) is 14.1. The molecule has 0 saturated carbocycles. The second kappa shape index (κ2) is 6.74. The lowest BCUT2D eigenvalue weighted by atomic mass is 9.95. The SMILES string of the molecule is CC(C)c1cccc(C(Cc2ccccc2)NCl)c1. The molecule has 2 aromatic carbocycles. The molecule has 2 aromatic rings. The summed E-state index contributed by atoms with van der Waals surface area (Å²) in [5.74, 6) is 0.535. The van der Waals surface area contributed by atoms with Gasteiger partial charge in [0.15, 0.2) is 0 Å². The Balaban J connectivity index is 2.20. The second-order valence-corrected chi connectivity index (χ2v) is 5.39. The first-order valence-corrected chi connectivity index (χ1v) is 7.08. The Labute approximate surface area is 120 Å². The van der Waals surface area contributed by atoms with Crippen LogP contribution in [-0.4, -0.2) is 0 Å². The van der Waals surface area contributed by atoms with E-state index in [2.05, 4.69) is 67.2 Å². The van der Waals surface area contributed by atoms with Crippen molar-refractivity contribution in [1.82, 2.24) is 4.84 Å². The number of benzene rings is 2. The Bertz CT molecular complexity index is 508. The zero-order chi connectivity index (χ0) is 13.7. The highest BCUT2D eigenvalue weighted by molar-refractivity contribution is 6.13. The van der Waals surface area contributed by atoms with Gasteiger partial charge in [-0.1, -0.05) is 68.4 Å². The fraction of sp³-hybridized carbons (Fsp3) is 0.294. The number of rotatable bonds is 5. The topological polar surface area (TPSA) is 12.0 Å². The molecular formula is C17H20ClN. The molecule has 100 valence electrons. The highest BCUT2D eigenvalue weighted by Crippen LogP contribution is 2.23. The summed E-state index contributed by atoms with van der Waals surface area (Å²) in [7, 11) is 0. The summed E-state index contributed by atoms with van der Waals surface area (Å²) in [5.41, 5.74) is 3.88. The summed E-state index contributed by atoms with van der Waals surface area (Å²) in [6.45, 7) is 4.42. The summed E-state index contributed by atoms with van der Waals surface area (Å²) in [6, 6.07) is 19.2. The van der Waals surface area contributed by atoms with Gasteiger partial charge >= 0.3 is 0 Å². The lowest BCUT2D eigenvalue weighted by Crippen LogP contribution is -2.14. The Morgan fingerprint density at radius 3 is 2.26 bits per heavy atom. The van der Waals surface area contributed by atoms with Gasteiger partial charge in [0.05, 0.1) is 6.04 Å².